The van der Waals surface area contributed by atoms with E-state index in [-0.39, 0.29) is 23.7 Å². The van der Waals surface area contributed by atoms with E-state index in [1.165, 1.54) is 6.07 Å². The number of rotatable bonds is 4. The number of carbonyl (C=O) groups excluding carboxylic acids is 1. The first-order valence-electron chi connectivity index (χ1n) is 8.99. The average molecular weight is 374 g/mol. The van der Waals surface area contributed by atoms with Crippen molar-refractivity contribution in [1.82, 2.24) is 19.8 Å². The molecule has 0 spiro atoms. The van der Waals surface area contributed by atoms with Crippen molar-refractivity contribution < 1.29 is 9.18 Å². The highest BCUT2D eigenvalue weighted by Gasteiger charge is 2.21. The first-order valence-corrected chi connectivity index (χ1v) is 8.99. The molecule has 1 amide bonds. The van der Waals surface area contributed by atoms with Gasteiger partial charge >= 0.3 is 5.69 Å². The maximum absolute atomic E-state index is 13.8. The van der Waals surface area contributed by atoms with E-state index in [1.54, 1.807) is 24.0 Å². The standard InChI is InChI=1S/C19H23FN4O3/c1-13-15(18(26)22-19(27)21-13)11-17(25)24-8-4-7-23(9-10-24)12-14-5-2-3-6-16(14)20/h2-3,5-6H,4,7-12H2,1H3,(H2,21,22,26,27). The molecule has 2 aromatic rings. The molecule has 2 heterocycles. The number of carbonyl (C=O) groups is 1. The molecule has 1 aromatic carbocycles. The van der Waals surface area contributed by atoms with E-state index in [2.05, 4.69) is 14.9 Å². The van der Waals surface area contributed by atoms with Crippen LogP contribution in [0.2, 0.25) is 0 Å². The predicted molar refractivity (Wildman–Crippen MR) is 99.0 cm³/mol. The molecule has 0 atom stereocenters. The summed E-state index contributed by atoms with van der Waals surface area (Å²) in [6.07, 6.45) is 0.729. The third kappa shape index (κ3) is 4.71. The lowest BCUT2D eigenvalue weighted by Crippen LogP contribution is -2.38. The molecule has 7 nitrogen and oxygen atoms in total. The van der Waals surface area contributed by atoms with Crippen LogP contribution in [0.25, 0.3) is 0 Å². The number of nitrogens with one attached hydrogen (secondary N) is 2. The van der Waals surface area contributed by atoms with E-state index in [1.807, 2.05) is 6.07 Å². The SMILES string of the molecule is Cc1[nH]c(=O)[nH]c(=O)c1CC(=O)N1CCCN(Cc2ccccc2F)CC1. The van der Waals surface area contributed by atoms with E-state index in [0.29, 0.717) is 37.4 Å². The second-order valence-electron chi connectivity index (χ2n) is 6.79. The fourth-order valence-corrected chi connectivity index (χ4v) is 3.35. The zero-order chi connectivity index (χ0) is 19.4. The summed E-state index contributed by atoms with van der Waals surface area (Å²) in [5.74, 6) is -0.370. The number of H-pyrrole nitrogens is 2. The third-order valence-electron chi connectivity index (χ3n) is 4.88. The van der Waals surface area contributed by atoms with Gasteiger partial charge in [0.1, 0.15) is 5.82 Å². The lowest BCUT2D eigenvalue weighted by Gasteiger charge is -2.22. The largest absolute Gasteiger partial charge is 0.341 e. The molecule has 1 aromatic heterocycles. The number of hydrogen-bond donors (Lipinski definition) is 2. The summed E-state index contributed by atoms with van der Waals surface area (Å²) in [6, 6.07) is 6.71. The molecule has 144 valence electrons. The topological polar surface area (TPSA) is 89.3 Å². The van der Waals surface area contributed by atoms with Gasteiger partial charge in [0, 0.05) is 49.5 Å². The highest BCUT2D eigenvalue weighted by Crippen LogP contribution is 2.13. The lowest BCUT2D eigenvalue weighted by atomic mass is 10.1. The molecule has 0 radical (unpaired) electrons. The van der Waals surface area contributed by atoms with Gasteiger partial charge < -0.3 is 9.88 Å². The first kappa shape index (κ1) is 19.0. The summed E-state index contributed by atoms with van der Waals surface area (Å²) in [4.78, 5) is 44.4. The molecule has 1 aliphatic rings. The van der Waals surface area contributed by atoms with E-state index in [9.17, 15) is 18.8 Å². The smallest absolute Gasteiger partial charge is 0.325 e. The normalized spacial score (nSPS) is 15.6. The van der Waals surface area contributed by atoms with Gasteiger partial charge in [-0.25, -0.2) is 9.18 Å². The minimum absolute atomic E-state index is 0.0503. The van der Waals surface area contributed by atoms with Gasteiger partial charge in [0.2, 0.25) is 5.91 Å². The molecule has 1 saturated heterocycles. The van der Waals surface area contributed by atoms with Crippen LogP contribution in [0.3, 0.4) is 0 Å². The van der Waals surface area contributed by atoms with Gasteiger partial charge in [0.15, 0.2) is 0 Å². The second-order valence-corrected chi connectivity index (χ2v) is 6.79. The van der Waals surface area contributed by atoms with Crippen LogP contribution in [-0.4, -0.2) is 51.9 Å². The Labute approximate surface area is 155 Å². The first-order chi connectivity index (χ1) is 12.9. The monoisotopic (exact) mass is 374 g/mol. The molecule has 0 unspecified atom stereocenters. The molecule has 0 bridgehead atoms. The van der Waals surface area contributed by atoms with Crippen molar-refractivity contribution >= 4 is 5.91 Å². The Morgan fingerprint density at radius 2 is 1.89 bits per heavy atom. The fraction of sp³-hybridized carbons (Fsp3) is 0.421. The van der Waals surface area contributed by atoms with Crippen molar-refractivity contribution in [3.05, 3.63) is 67.7 Å². The summed E-state index contributed by atoms with van der Waals surface area (Å²) in [5.41, 5.74) is 0.237. The van der Waals surface area contributed by atoms with Crippen LogP contribution in [0.1, 0.15) is 23.2 Å². The van der Waals surface area contributed by atoms with E-state index < -0.39 is 11.2 Å². The van der Waals surface area contributed by atoms with Crippen LogP contribution in [0.4, 0.5) is 4.39 Å². The Morgan fingerprint density at radius 1 is 1.11 bits per heavy atom. The minimum atomic E-state index is -0.577. The molecule has 3 rings (SSSR count). The molecule has 27 heavy (non-hydrogen) atoms. The number of nitrogens with zero attached hydrogens (tertiary/aromatic N) is 2. The van der Waals surface area contributed by atoms with Crippen molar-refractivity contribution in [2.75, 3.05) is 26.2 Å². The third-order valence-corrected chi connectivity index (χ3v) is 4.88. The van der Waals surface area contributed by atoms with Crippen LogP contribution < -0.4 is 11.2 Å². The van der Waals surface area contributed by atoms with Crippen molar-refractivity contribution in [2.24, 2.45) is 0 Å². The molecule has 8 heteroatoms. The summed E-state index contributed by atoms with van der Waals surface area (Å²) in [6.45, 7) is 4.64. The second kappa shape index (κ2) is 8.30. The summed E-state index contributed by atoms with van der Waals surface area (Å²) in [5, 5.41) is 0. The zero-order valence-corrected chi connectivity index (χ0v) is 15.3. The maximum Gasteiger partial charge on any atom is 0.325 e. The number of aromatic nitrogens is 2. The van der Waals surface area contributed by atoms with Gasteiger partial charge in [-0.2, -0.15) is 0 Å². The van der Waals surface area contributed by atoms with E-state index >= 15 is 0 Å². The Morgan fingerprint density at radius 3 is 2.63 bits per heavy atom. The number of aryl methyl sites for hydroxylation is 1. The quantitative estimate of drug-likeness (QED) is 0.828. The minimum Gasteiger partial charge on any atom is -0.341 e. The van der Waals surface area contributed by atoms with Crippen LogP contribution in [-0.2, 0) is 17.8 Å². The molecule has 0 aliphatic carbocycles. The van der Waals surface area contributed by atoms with Gasteiger partial charge in [-0.05, 0) is 19.4 Å². The Balaban J connectivity index is 1.62. The number of benzene rings is 1. The van der Waals surface area contributed by atoms with Gasteiger partial charge in [-0.1, -0.05) is 18.2 Å². The number of hydrogen-bond acceptors (Lipinski definition) is 4. The Kier molecular flexibility index (Phi) is 5.85. The van der Waals surface area contributed by atoms with Gasteiger partial charge in [0.25, 0.3) is 5.56 Å². The van der Waals surface area contributed by atoms with Crippen molar-refractivity contribution in [3.63, 3.8) is 0 Å². The van der Waals surface area contributed by atoms with Crippen LogP contribution in [0.15, 0.2) is 33.9 Å². The number of amides is 1. The van der Waals surface area contributed by atoms with Crippen molar-refractivity contribution in [2.45, 2.75) is 26.3 Å². The Bertz CT molecular complexity index is 937. The summed E-state index contributed by atoms with van der Waals surface area (Å²) >= 11 is 0. The Hall–Kier alpha value is -2.74. The van der Waals surface area contributed by atoms with Crippen LogP contribution in [0, 0.1) is 12.7 Å². The highest BCUT2D eigenvalue weighted by atomic mass is 19.1. The lowest BCUT2D eigenvalue weighted by molar-refractivity contribution is -0.130. The van der Waals surface area contributed by atoms with Gasteiger partial charge in [0.05, 0.1) is 6.42 Å². The highest BCUT2D eigenvalue weighted by molar-refractivity contribution is 5.78. The number of aromatic amines is 2. The summed E-state index contributed by atoms with van der Waals surface area (Å²) < 4.78 is 13.8. The molecular formula is C19H23FN4O3. The summed E-state index contributed by atoms with van der Waals surface area (Å²) in [7, 11) is 0. The predicted octanol–water partition coefficient (Wildman–Crippen LogP) is 0.788. The van der Waals surface area contributed by atoms with Crippen LogP contribution in [0.5, 0.6) is 0 Å². The van der Waals surface area contributed by atoms with Crippen molar-refractivity contribution in [3.8, 4) is 0 Å². The molecular weight excluding hydrogens is 351 g/mol. The number of halogens is 1. The molecule has 2 N–H and O–H groups in total. The molecule has 1 fully saturated rings. The van der Waals surface area contributed by atoms with Gasteiger partial charge in [-0.3, -0.25) is 19.5 Å². The molecule has 1 aliphatic heterocycles. The van der Waals surface area contributed by atoms with E-state index in [4.69, 9.17) is 0 Å². The maximum atomic E-state index is 13.8. The van der Waals surface area contributed by atoms with Gasteiger partial charge in [-0.15, -0.1) is 0 Å². The van der Waals surface area contributed by atoms with Crippen LogP contribution >= 0.6 is 0 Å². The zero-order valence-electron chi connectivity index (χ0n) is 15.3. The fourth-order valence-electron chi connectivity index (χ4n) is 3.35. The molecule has 0 saturated carbocycles. The van der Waals surface area contributed by atoms with E-state index in [0.717, 1.165) is 13.0 Å². The average Bonchev–Trinajstić information content (AvgIpc) is 2.85. The van der Waals surface area contributed by atoms with Crippen molar-refractivity contribution in [1.29, 1.82) is 0 Å².